The molecule has 2 aromatic rings. The second kappa shape index (κ2) is 9.03. The van der Waals surface area contributed by atoms with Crippen LogP contribution in [0.1, 0.15) is 11.1 Å². The first kappa shape index (κ1) is 18.7. The molecule has 1 atom stereocenters. The summed E-state index contributed by atoms with van der Waals surface area (Å²) in [4.78, 5) is 11.2. The average molecular weight is 367 g/mol. The van der Waals surface area contributed by atoms with Gasteiger partial charge in [0.15, 0.2) is 0 Å². The van der Waals surface area contributed by atoms with Crippen molar-refractivity contribution < 1.29 is 18.0 Å². The van der Waals surface area contributed by atoms with Crippen LogP contribution in [0, 0.1) is 0 Å². The standard InChI is InChI=1S/C18H14ClF3N2O/c19-17(20)15(25)11-14(18(21)22)23-24-16(12-7-3-1-4-8-12)13-9-5-2-6-10-13/h1-11,17-18,23H/b14-11-. The fourth-order valence-electron chi connectivity index (χ4n) is 1.97. The number of hydrogen-bond acceptors (Lipinski definition) is 3. The molecule has 0 heterocycles. The second-order valence-corrected chi connectivity index (χ2v) is 5.29. The molecular formula is C18H14ClF3N2O. The number of allylic oxidation sites excluding steroid dienone is 2. The van der Waals surface area contributed by atoms with Gasteiger partial charge in [-0.25, -0.2) is 13.2 Å². The van der Waals surface area contributed by atoms with Gasteiger partial charge in [-0.2, -0.15) is 5.10 Å². The molecule has 0 aromatic heterocycles. The monoisotopic (exact) mass is 366 g/mol. The molecule has 0 aliphatic carbocycles. The molecule has 0 saturated heterocycles. The molecule has 1 N–H and O–H groups in total. The lowest BCUT2D eigenvalue weighted by Crippen LogP contribution is -2.19. The van der Waals surface area contributed by atoms with Gasteiger partial charge in [-0.15, -0.1) is 0 Å². The number of nitrogens with zero attached hydrogens (tertiary/aromatic N) is 1. The van der Waals surface area contributed by atoms with Crippen molar-refractivity contribution in [1.29, 1.82) is 0 Å². The van der Waals surface area contributed by atoms with Gasteiger partial charge in [-0.05, 0) is 0 Å². The molecule has 130 valence electrons. The average Bonchev–Trinajstić information content (AvgIpc) is 2.62. The summed E-state index contributed by atoms with van der Waals surface area (Å²) < 4.78 is 38.8. The number of alkyl halides is 4. The number of benzene rings is 2. The molecule has 0 saturated carbocycles. The van der Waals surface area contributed by atoms with Crippen LogP contribution in [0.15, 0.2) is 77.5 Å². The summed E-state index contributed by atoms with van der Waals surface area (Å²) in [6.07, 6.45) is -2.63. The molecule has 2 aromatic carbocycles. The molecule has 0 aliphatic heterocycles. The first-order chi connectivity index (χ1) is 12.0. The SMILES string of the molecule is O=C(/C=C(\NN=C(c1ccccc1)c1ccccc1)C(F)F)C(F)Cl. The molecule has 0 bridgehead atoms. The molecule has 2 rings (SSSR count). The quantitative estimate of drug-likeness (QED) is 0.344. The van der Waals surface area contributed by atoms with E-state index in [1.165, 1.54) is 0 Å². The minimum atomic E-state index is -3.05. The number of carbonyl (C=O) groups is 1. The molecule has 3 nitrogen and oxygen atoms in total. The predicted molar refractivity (Wildman–Crippen MR) is 91.5 cm³/mol. The van der Waals surface area contributed by atoms with E-state index >= 15 is 0 Å². The van der Waals surface area contributed by atoms with Crippen LogP contribution in [0.3, 0.4) is 0 Å². The Balaban J connectivity index is 2.38. The van der Waals surface area contributed by atoms with Gasteiger partial charge >= 0.3 is 0 Å². The van der Waals surface area contributed by atoms with Gasteiger partial charge in [-0.3, -0.25) is 10.2 Å². The maximum atomic E-state index is 13.1. The highest BCUT2D eigenvalue weighted by Gasteiger charge is 2.17. The molecule has 1 unspecified atom stereocenters. The minimum absolute atomic E-state index is 0.392. The van der Waals surface area contributed by atoms with Gasteiger partial charge < -0.3 is 0 Å². The second-order valence-electron chi connectivity index (χ2n) is 4.91. The number of hydrogen-bond donors (Lipinski definition) is 1. The highest BCUT2D eigenvalue weighted by atomic mass is 35.5. The number of carbonyl (C=O) groups excluding carboxylic acids is 1. The predicted octanol–water partition coefficient (Wildman–Crippen LogP) is 4.28. The molecule has 0 amide bonds. The van der Waals surface area contributed by atoms with Gasteiger partial charge in [0.05, 0.1) is 5.71 Å². The highest BCUT2D eigenvalue weighted by Crippen LogP contribution is 2.13. The first-order valence-electron chi connectivity index (χ1n) is 7.25. The van der Waals surface area contributed by atoms with E-state index in [0.717, 1.165) is 0 Å². The van der Waals surface area contributed by atoms with E-state index in [2.05, 4.69) is 10.5 Å². The van der Waals surface area contributed by atoms with Crippen molar-refractivity contribution in [3.05, 3.63) is 83.6 Å². The fourth-order valence-corrected chi connectivity index (χ4v) is 2.03. The molecule has 0 fully saturated rings. The summed E-state index contributed by atoms with van der Waals surface area (Å²) in [5.74, 6) is -1.28. The third-order valence-corrected chi connectivity index (χ3v) is 3.35. The minimum Gasteiger partial charge on any atom is -0.290 e. The van der Waals surface area contributed by atoms with Crippen molar-refractivity contribution in [1.82, 2.24) is 5.43 Å². The van der Waals surface area contributed by atoms with Crippen LogP contribution in [0.4, 0.5) is 13.2 Å². The number of nitrogens with one attached hydrogen (secondary N) is 1. The van der Waals surface area contributed by atoms with E-state index in [1.807, 2.05) is 12.1 Å². The van der Waals surface area contributed by atoms with Gasteiger partial charge in [0.1, 0.15) is 5.70 Å². The van der Waals surface area contributed by atoms with E-state index in [9.17, 15) is 18.0 Å². The van der Waals surface area contributed by atoms with E-state index in [0.29, 0.717) is 22.9 Å². The Morgan fingerprint density at radius 3 is 1.84 bits per heavy atom. The molecule has 0 radical (unpaired) electrons. The molecule has 0 spiro atoms. The summed E-state index contributed by atoms with van der Waals surface area (Å²) >= 11 is 4.96. The van der Waals surface area contributed by atoms with Gasteiger partial charge in [0.2, 0.25) is 11.4 Å². The largest absolute Gasteiger partial charge is 0.290 e. The zero-order chi connectivity index (χ0) is 18.2. The van der Waals surface area contributed by atoms with Crippen LogP contribution in [0.2, 0.25) is 0 Å². The summed E-state index contributed by atoms with van der Waals surface area (Å²) in [5, 5.41) is 4.00. The summed E-state index contributed by atoms with van der Waals surface area (Å²) in [5.41, 5.74) is 0.689. The van der Waals surface area contributed by atoms with Gasteiger partial charge in [0, 0.05) is 17.2 Å². The smallest absolute Gasteiger partial charge is 0.279 e. The summed E-state index contributed by atoms with van der Waals surface area (Å²) in [6.45, 7) is 0. The Bertz CT molecular complexity index is 721. The van der Waals surface area contributed by atoms with Crippen LogP contribution < -0.4 is 5.43 Å². The van der Waals surface area contributed by atoms with Gasteiger partial charge in [-0.1, -0.05) is 72.3 Å². The van der Waals surface area contributed by atoms with E-state index < -0.39 is 23.5 Å². The Morgan fingerprint density at radius 1 is 0.960 bits per heavy atom. The lowest BCUT2D eigenvalue weighted by atomic mass is 10.0. The van der Waals surface area contributed by atoms with Crippen molar-refractivity contribution in [2.45, 2.75) is 12.1 Å². The van der Waals surface area contributed by atoms with Crippen LogP contribution in [0.25, 0.3) is 0 Å². The van der Waals surface area contributed by atoms with Crippen LogP contribution in [0.5, 0.6) is 0 Å². The normalized spacial score (nSPS) is 12.6. The highest BCUT2D eigenvalue weighted by molar-refractivity contribution is 6.31. The van der Waals surface area contributed by atoms with Crippen molar-refractivity contribution >= 4 is 23.1 Å². The molecule has 0 aliphatic rings. The van der Waals surface area contributed by atoms with Crippen molar-refractivity contribution in [2.24, 2.45) is 5.10 Å². The number of halogens is 4. The lowest BCUT2D eigenvalue weighted by molar-refractivity contribution is -0.116. The number of hydrazone groups is 1. The Hall–Kier alpha value is -2.60. The Morgan fingerprint density at radius 2 is 1.44 bits per heavy atom. The Kier molecular flexibility index (Phi) is 6.77. The maximum Gasteiger partial charge on any atom is 0.279 e. The summed E-state index contributed by atoms with van der Waals surface area (Å²) in [6, 6.07) is 17.8. The van der Waals surface area contributed by atoms with Crippen LogP contribution >= 0.6 is 11.6 Å². The van der Waals surface area contributed by atoms with Crippen molar-refractivity contribution in [3.63, 3.8) is 0 Å². The third kappa shape index (κ3) is 5.46. The maximum absolute atomic E-state index is 13.1. The Labute approximate surface area is 147 Å². The first-order valence-corrected chi connectivity index (χ1v) is 7.69. The van der Waals surface area contributed by atoms with Crippen molar-refractivity contribution in [2.75, 3.05) is 0 Å². The van der Waals surface area contributed by atoms with Crippen LogP contribution in [-0.2, 0) is 4.79 Å². The number of ketones is 1. The van der Waals surface area contributed by atoms with E-state index in [1.54, 1.807) is 48.5 Å². The topological polar surface area (TPSA) is 41.5 Å². The third-order valence-electron chi connectivity index (χ3n) is 3.14. The zero-order valence-electron chi connectivity index (χ0n) is 12.9. The zero-order valence-corrected chi connectivity index (χ0v) is 13.6. The molecule has 7 heteroatoms. The van der Waals surface area contributed by atoms with E-state index in [-0.39, 0.29) is 0 Å². The van der Waals surface area contributed by atoms with Gasteiger partial charge in [0.25, 0.3) is 6.43 Å². The fraction of sp³-hybridized carbons (Fsp3) is 0.111. The van der Waals surface area contributed by atoms with Crippen LogP contribution in [-0.4, -0.2) is 23.6 Å². The van der Waals surface area contributed by atoms with Crippen molar-refractivity contribution in [3.8, 4) is 0 Å². The van der Waals surface area contributed by atoms with E-state index in [4.69, 9.17) is 11.6 Å². The molecule has 25 heavy (non-hydrogen) atoms. The number of rotatable bonds is 7. The molecular weight excluding hydrogens is 353 g/mol. The lowest BCUT2D eigenvalue weighted by Gasteiger charge is -2.10. The summed E-state index contributed by atoms with van der Waals surface area (Å²) in [7, 11) is 0.